The van der Waals surface area contributed by atoms with Crippen molar-refractivity contribution in [1.29, 1.82) is 0 Å². The van der Waals surface area contributed by atoms with Gasteiger partial charge in [-0.15, -0.1) is 0 Å². The molecule has 110 valence electrons. The van der Waals surface area contributed by atoms with Gasteiger partial charge in [0.25, 0.3) is 0 Å². The van der Waals surface area contributed by atoms with Gasteiger partial charge in [-0.3, -0.25) is 0 Å². The molecule has 18 heavy (non-hydrogen) atoms. The summed E-state index contributed by atoms with van der Waals surface area (Å²) in [6.45, 7) is 19.4. The Hall–Kier alpha value is 0.177. The molecule has 0 radical (unpaired) electrons. The predicted octanol–water partition coefficient (Wildman–Crippen LogP) is 5.67. The summed E-state index contributed by atoms with van der Waals surface area (Å²) in [5.41, 5.74) is 0. The van der Waals surface area contributed by atoms with E-state index < -0.39 is 8.24 Å². The summed E-state index contributed by atoms with van der Waals surface area (Å²) in [5.74, 6) is 0. The molecule has 0 aromatic carbocycles. The summed E-state index contributed by atoms with van der Waals surface area (Å²) in [5, 5.41) is 0.503. The van der Waals surface area contributed by atoms with Crippen molar-refractivity contribution in [2.24, 2.45) is 0 Å². The van der Waals surface area contributed by atoms with Crippen LogP contribution in [0.15, 0.2) is 0 Å². The van der Waals surface area contributed by atoms with Crippen molar-refractivity contribution < 1.29 is 0 Å². The highest BCUT2D eigenvalue weighted by Crippen LogP contribution is 2.45. The minimum atomic E-state index is -1.34. The van der Waals surface area contributed by atoms with Gasteiger partial charge < -0.3 is 4.57 Å². The van der Waals surface area contributed by atoms with Gasteiger partial charge >= 0.3 is 0 Å². The Bertz CT molecular complexity index is 196. The van der Waals surface area contributed by atoms with E-state index in [1.807, 2.05) is 0 Å². The van der Waals surface area contributed by atoms with E-state index in [4.69, 9.17) is 0 Å². The van der Waals surface area contributed by atoms with Gasteiger partial charge in [0.2, 0.25) is 0 Å². The Morgan fingerprint density at radius 2 is 1.17 bits per heavy atom. The standard InChI is InChI=1S/C16H37NSi/c1-8-12-14-18(15-13-9-2,16(5,6)7)17(10-3)11-4/h8-15H2,1-7H3. The molecule has 0 fully saturated rings. The van der Waals surface area contributed by atoms with E-state index in [1.54, 1.807) is 0 Å². The molecule has 0 aliphatic rings. The SMILES string of the molecule is CCCC[Si](CCCC)(N(CC)CC)C(C)(C)C. The minimum absolute atomic E-state index is 0.503. The molecule has 0 bridgehead atoms. The normalized spacial score (nSPS) is 13.3. The van der Waals surface area contributed by atoms with Crippen LogP contribution in [0.3, 0.4) is 0 Å². The molecular formula is C16H37NSi. The lowest BCUT2D eigenvalue weighted by molar-refractivity contribution is 0.417. The molecular weight excluding hydrogens is 234 g/mol. The Morgan fingerprint density at radius 3 is 1.39 bits per heavy atom. The third-order valence-corrected chi connectivity index (χ3v) is 11.6. The maximum absolute atomic E-state index is 2.87. The van der Waals surface area contributed by atoms with E-state index in [0.717, 1.165) is 0 Å². The molecule has 0 heterocycles. The van der Waals surface area contributed by atoms with Gasteiger partial charge in [-0.2, -0.15) is 0 Å². The molecule has 0 N–H and O–H groups in total. The van der Waals surface area contributed by atoms with Crippen LogP contribution in [0.2, 0.25) is 17.1 Å². The van der Waals surface area contributed by atoms with Crippen LogP contribution in [0.25, 0.3) is 0 Å². The van der Waals surface area contributed by atoms with Crippen molar-refractivity contribution in [3.8, 4) is 0 Å². The van der Waals surface area contributed by atoms with Crippen LogP contribution in [-0.2, 0) is 0 Å². The zero-order valence-electron chi connectivity index (χ0n) is 14.1. The second-order valence-electron chi connectivity index (χ2n) is 6.66. The Labute approximate surface area is 117 Å². The van der Waals surface area contributed by atoms with E-state index in [2.05, 4.69) is 53.0 Å². The fraction of sp³-hybridized carbons (Fsp3) is 1.00. The topological polar surface area (TPSA) is 3.24 Å². The smallest absolute Gasteiger partial charge is 0.133 e. The molecule has 0 atom stereocenters. The summed E-state index contributed by atoms with van der Waals surface area (Å²) < 4.78 is 2.87. The molecule has 0 unspecified atom stereocenters. The van der Waals surface area contributed by atoms with Gasteiger partial charge in [0.1, 0.15) is 8.24 Å². The predicted molar refractivity (Wildman–Crippen MR) is 87.8 cm³/mol. The molecule has 2 heteroatoms. The summed E-state index contributed by atoms with van der Waals surface area (Å²) >= 11 is 0. The Kier molecular flexibility index (Phi) is 8.45. The van der Waals surface area contributed by atoms with Crippen molar-refractivity contribution in [2.45, 2.75) is 91.3 Å². The molecule has 0 spiro atoms. The zero-order valence-corrected chi connectivity index (χ0v) is 15.1. The van der Waals surface area contributed by atoms with E-state index >= 15 is 0 Å². The van der Waals surface area contributed by atoms with Crippen molar-refractivity contribution in [3.05, 3.63) is 0 Å². The quantitative estimate of drug-likeness (QED) is 0.488. The van der Waals surface area contributed by atoms with Crippen molar-refractivity contribution >= 4 is 8.24 Å². The van der Waals surface area contributed by atoms with Gasteiger partial charge in [-0.25, -0.2) is 0 Å². The van der Waals surface area contributed by atoms with Gasteiger partial charge in [-0.05, 0) is 30.2 Å². The summed E-state index contributed by atoms with van der Waals surface area (Å²) in [4.78, 5) is 0. The third kappa shape index (κ3) is 4.38. The minimum Gasteiger partial charge on any atom is -0.323 e. The highest BCUT2D eigenvalue weighted by molar-refractivity contribution is 6.80. The first-order chi connectivity index (χ1) is 8.39. The van der Waals surface area contributed by atoms with Crippen LogP contribution in [0, 0.1) is 0 Å². The molecule has 0 rings (SSSR count). The fourth-order valence-corrected chi connectivity index (χ4v) is 9.85. The second kappa shape index (κ2) is 8.37. The Morgan fingerprint density at radius 1 is 0.778 bits per heavy atom. The second-order valence-corrected chi connectivity index (χ2v) is 11.9. The summed E-state index contributed by atoms with van der Waals surface area (Å²) in [7, 11) is -1.34. The molecule has 0 aromatic heterocycles. The Balaban J connectivity index is 5.23. The van der Waals surface area contributed by atoms with E-state index in [-0.39, 0.29) is 0 Å². The fourth-order valence-electron chi connectivity index (χ4n) is 3.43. The molecule has 0 saturated heterocycles. The number of hydrogen-bond acceptors (Lipinski definition) is 1. The van der Waals surface area contributed by atoms with Crippen LogP contribution < -0.4 is 0 Å². The number of hydrogen-bond donors (Lipinski definition) is 0. The van der Waals surface area contributed by atoms with Gasteiger partial charge in [0, 0.05) is 0 Å². The lowest BCUT2D eigenvalue weighted by atomic mass is 10.2. The van der Waals surface area contributed by atoms with E-state index in [9.17, 15) is 0 Å². The molecule has 1 nitrogen and oxygen atoms in total. The number of unbranched alkanes of at least 4 members (excludes halogenated alkanes) is 2. The highest BCUT2D eigenvalue weighted by atomic mass is 28.3. The molecule has 0 amide bonds. The first kappa shape index (κ1) is 18.2. The van der Waals surface area contributed by atoms with Crippen LogP contribution in [0.1, 0.15) is 74.1 Å². The molecule has 0 aromatic rings. The summed E-state index contributed by atoms with van der Waals surface area (Å²) in [6.07, 6.45) is 5.53. The summed E-state index contributed by atoms with van der Waals surface area (Å²) in [6, 6.07) is 2.99. The van der Waals surface area contributed by atoms with E-state index in [0.29, 0.717) is 5.04 Å². The zero-order chi connectivity index (χ0) is 14.2. The largest absolute Gasteiger partial charge is 0.323 e. The van der Waals surface area contributed by atoms with Crippen molar-refractivity contribution in [1.82, 2.24) is 4.57 Å². The number of nitrogens with zero attached hydrogens (tertiary/aromatic N) is 1. The van der Waals surface area contributed by atoms with Gasteiger partial charge in [0.05, 0.1) is 0 Å². The monoisotopic (exact) mass is 271 g/mol. The average molecular weight is 272 g/mol. The van der Waals surface area contributed by atoms with Crippen LogP contribution in [-0.4, -0.2) is 25.9 Å². The first-order valence-corrected chi connectivity index (χ1v) is 10.5. The van der Waals surface area contributed by atoms with Crippen LogP contribution >= 0.6 is 0 Å². The average Bonchev–Trinajstić information content (AvgIpc) is 2.31. The lowest BCUT2D eigenvalue weighted by Gasteiger charge is -2.51. The highest BCUT2D eigenvalue weighted by Gasteiger charge is 2.46. The maximum Gasteiger partial charge on any atom is 0.133 e. The van der Waals surface area contributed by atoms with Gasteiger partial charge in [0.15, 0.2) is 0 Å². The van der Waals surface area contributed by atoms with Crippen LogP contribution in [0.5, 0.6) is 0 Å². The third-order valence-electron chi connectivity index (χ3n) is 4.65. The van der Waals surface area contributed by atoms with Crippen molar-refractivity contribution in [2.75, 3.05) is 13.1 Å². The first-order valence-electron chi connectivity index (χ1n) is 8.14. The lowest BCUT2D eigenvalue weighted by Crippen LogP contribution is -2.59. The molecule has 0 saturated carbocycles. The van der Waals surface area contributed by atoms with Crippen LogP contribution in [0.4, 0.5) is 0 Å². The maximum atomic E-state index is 2.87. The van der Waals surface area contributed by atoms with Crippen molar-refractivity contribution in [3.63, 3.8) is 0 Å². The molecule has 0 aliphatic carbocycles. The number of rotatable bonds is 9. The molecule has 0 aliphatic heterocycles. The van der Waals surface area contributed by atoms with Gasteiger partial charge in [-0.1, -0.05) is 74.1 Å². The van der Waals surface area contributed by atoms with E-state index in [1.165, 1.54) is 50.9 Å².